The van der Waals surface area contributed by atoms with Crippen LogP contribution in [-0.4, -0.2) is 81.9 Å². The van der Waals surface area contributed by atoms with Crippen LogP contribution in [-0.2, 0) is 39.8 Å². The van der Waals surface area contributed by atoms with Crippen molar-refractivity contribution >= 4 is 17.9 Å². The molecule has 2 aromatic rings. The molecule has 4 aliphatic rings. The standard InChI is InChI=1S/C36H44N2O10/c1-19-16-20(2)36-23(17-26(44-6)34(43)46-29(19)22(4)45-27(40)18-38-14-10-24(39)11-15-38)9-12-35(5)31(36)28(41)21(3)30(32(35)48-36)47-33(42)25-8-7-13-37-25/h7-16,19,21-23,26,28-32,37,41H,17-18H2,1-6H3/b20-16+/t19-,21-,22-,23-,26+,28-,29+,30-,31-,32+,35-,36+/m1/s1. The molecule has 1 saturated heterocycles. The van der Waals surface area contributed by atoms with Crippen molar-refractivity contribution in [2.45, 2.75) is 89.8 Å². The van der Waals surface area contributed by atoms with Gasteiger partial charge in [-0.3, -0.25) is 9.59 Å². The first-order valence-corrected chi connectivity index (χ1v) is 16.5. The number of aliphatic hydroxyl groups excluding tert-OH is 1. The highest BCUT2D eigenvalue weighted by atomic mass is 16.6. The van der Waals surface area contributed by atoms with Crippen LogP contribution in [0, 0.1) is 29.1 Å². The molecule has 2 N–H and O–H groups in total. The molecule has 2 aliphatic heterocycles. The Balaban J connectivity index is 1.34. The van der Waals surface area contributed by atoms with Gasteiger partial charge in [0, 0.05) is 66.9 Å². The lowest BCUT2D eigenvalue weighted by molar-refractivity contribution is -0.179. The second-order valence-electron chi connectivity index (χ2n) is 13.9. The second kappa shape index (κ2) is 12.8. The minimum absolute atomic E-state index is 0.131. The Morgan fingerprint density at radius 1 is 1.19 bits per heavy atom. The summed E-state index contributed by atoms with van der Waals surface area (Å²) in [5, 5.41) is 12.1. The molecule has 4 heterocycles. The Labute approximate surface area is 279 Å². The van der Waals surface area contributed by atoms with Gasteiger partial charge >= 0.3 is 17.9 Å². The summed E-state index contributed by atoms with van der Waals surface area (Å²) in [5.41, 5.74) is -0.798. The van der Waals surface area contributed by atoms with Crippen LogP contribution in [0.2, 0.25) is 0 Å². The topological polar surface area (TPSA) is 155 Å². The first-order chi connectivity index (χ1) is 22.8. The van der Waals surface area contributed by atoms with Crippen molar-refractivity contribution in [3.63, 3.8) is 0 Å². The highest BCUT2D eigenvalue weighted by Crippen LogP contribution is 2.66. The molecule has 48 heavy (non-hydrogen) atoms. The molecule has 0 aromatic carbocycles. The number of aromatic amines is 1. The van der Waals surface area contributed by atoms with E-state index in [-0.39, 0.29) is 24.3 Å². The number of carbonyl (C=O) groups is 3. The van der Waals surface area contributed by atoms with Crippen molar-refractivity contribution in [3.05, 3.63) is 82.6 Å². The molecule has 0 amide bonds. The van der Waals surface area contributed by atoms with Crippen LogP contribution in [0.25, 0.3) is 0 Å². The van der Waals surface area contributed by atoms with E-state index in [1.54, 1.807) is 25.3 Å². The Morgan fingerprint density at radius 3 is 2.58 bits per heavy atom. The number of nitrogens with zero attached hydrogens (tertiary/aromatic N) is 1. The fourth-order valence-corrected chi connectivity index (χ4v) is 8.54. The van der Waals surface area contributed by atoms with E-state index in [0.717, 1.165) is 5.57 Å². The molecule has 12 heteroatoms. The van der Waals surface area contributed by atoms with E-state index >= 15 is 0 Å². The van der Waals surface area contributed by atoms with Gasteiger partial charge in [0.05, 0.1) is 6.10 Å². The maximum Gasteiger partial charge on any atom is 0.355 e. The first kappa shape index (κ1) is 33.9. The minimum atomic E-state index is -1.06. The molecule has 2 aromatic heterocycles. The predicted octanol–water partition coefficient (Wildman–Crippen LogP) is 3.20. The van der Waals surface area contributed by atoms with E-state index in [1.165, 1.54) is 36.2 Å². The molecule has 0 unspecified atom stereocenters. The number of hydrogen-bond donors (Lipinski definition) is 2. The smallest absolute Gasteiger partial charge is 0.355 e. The molecule has 4 bridgehead atoms. The van der Waals surface area contributed by atoms with E-state index < -0.39 is 83.3 Å². The third-order valence-electron chi connectivity index (χ3n) is 10.9. The van der Waals surface area contributed by atoms with Crippen LogP contribution >= 0.6 is 0 Å². The number of cyclic esters (lactones) is 1. The number of esters is 3. The zero-order valence-corrected chi connectivity index (χ0v) is 28.0. The molecule has 1 saturated carbocycles. The minimum Gasteiger partial charge on any atom is -0.457 e. The van der Waals surface area contributed by atoms with Gasteiger partial charge in [-0.1, -0.05) is 39.0 Å². The highest BCUT2D eigenvalue weighted by Gasteiger charge is 2.73. The van der Waals surface area contributed by atoms with Crippen LogP contribution < -0.4 is 5.43 Å². The monoisotopic (exact) mass is 664 g/mol. The summed E-state index contributed by atoms with van der Waals surface area (Å²) < 4.78 is 32.2. The molecule has 2 fully saturated rings. The summed E-state index contributed by atoms with van der Waals surface area (Å²) >= 11 is 0. The van der Waals surface area contributed by atoms with Gasteiger partial charge < -0.3 is 38.3 Å². The van der Waals surface area contributed by atoms with E-state index in [9.17, 15) is 24.3 Å². The van der Waals surface area contributed by atoms with E-state index in [0.29, 0.717) is 5.69 Å². The van der Waals surface area contributed by atoms with Crippen LogP contribution in [0.15, 0.2) is 71.5 Å². The van der Waals surface area contributed by atoms with Crippen molar-refractivity contribution in [2.75, 3.05) is 7.11 Å². The van der Waals surface area contributed by atoms with Crippen molar-refractivity contribution in [2.24, 2.45) is 29.1 Å². The third kappa shape index (κ3) is 5.63. The predicted molar refractivity (Wildman–Crippen MR) is 171 cm³/mol. The van der Waals surface area contributed by atoms with E-state index in [2.05, 4.69) is 4.98 Å². The maximum atomic E-state index is 13.7. The Morgan fingerprint density at radius 2 is 1.92 bits per heavy atom. The number of aliphatic hydroxyl groups is 1. The number of rotatable bonds is 7. The number of hydrogen-bond acceptors (Lipinski definition) is 10. The fraction of sp³-hybridized carbons (Fsp3) is 0.556. The third-order valence-corrected chi connectivity index (χ3v) is 10.9. The number of pyridine rings is 1. The summed E-state index contributed by atoms with van der Waals surface area (Å²) in [5.74, 6) is -3.41. The van der Waals surface area contributed by atoms with Crippen molar-refractivity contribution < 1.29 is 43.2 Å². The second-order valence-corrected chi connectivity index (χ2v) is 13.9. The zero-order valence-electron chi connectivity index (χ0n) is 28.0. The molecule has 12 atom stereocenters. The Hall–Kier alpha value is -4.00. The molecule has 1 spiro atoms. The SMILES string of the molecule is CO[C@H]1C[C@H]2C=C[C@]3(C)[C@H]4[C@H](O)[C@@H](C)[C@@H](OC(=O)c5ccc[nH]5)[C@@H]3O[C@@]24/C(C)=C/[C@@H](C)[C@@H]([C@@H](C)OC(=O)Cn2ccc(=O)cc2)OC1=O. The van der Waals surface area contributed by atoms with E-state index in [4.69, 9.17) is 23.7 Å². The number of aromatic nitrogens is 2. The molecule has 6 rings (SSSR count). The largest absolute Gasteiger partial charge is 0.457 e. The molecule has 0 radical (unpaired) electrons. The molecule has 12 nitrogen and oxygen atoms in total. The fourth-order valence-electron chi connectivity index (χ4n) is 8.54. The van der Waals surface area contributed by atoms with Crippen LogP contribution in [0.3, 0.4) is 0 Å². The van der Waals surface area contributed by atoms with Gasteiger partial charge in [0.15, 0.2) is 11.5 Å². The van der Waals surface area contributed by atoms with E-state index in [1.807, 2.05) is 45.9 Å². The lowest BCUT2D eigenvalue weighted by Crippen LogP contribution is -2.61. The molecule has 258 valence electrons. The summed E-state index contributed by atoms with van der Waals surface area (Å²) in [6.45, 7) is 9.27. The highest BCUT2D eigenvalue weighted by molar-refractivity contribution is 5.87. The summed E-state index contributed by atoms with van der Waals surface area (Å²) in [6.07, 6.45) is 5.94. The number of H-pyrrole nitrogens is 1. The zero-order chi connectivity index (χ0) is 34.5. The lowest BCUT2D eigenvalue weighted by Gasteiger charge is -2.53. The number of methoxy groups -OCH3 is 1. The van der Waals surface area contributed by atoms with Crippen LogP contribution in [0.5, 0.6) is 0 Å². The maximum absolute atomic E-state index is 13.7. The first-order valence-electron chi connectivity index (χ1n) is 16.5. The summed E-state index contributed by atoms with van der Waals surface area (Å²) in [6, 6.07) is 6.05. The van der Waals surface area contributed by atoms with Crippen molar-refractivity contribution in [3.8, 4) is 0 Å². The normalized spacial score (nSPS) is 38.9. The summed E-state index contributed by atoms with van der Waals surface area (Å²) in [4.78, 5) is 54.1. The van der Waals surface area contributed by atoms with Gasteiger partial charge in [-0.25, -0.2) is 9.59 Å². The average molecular weight is 665 g/mol. The quantitative estimate of drug-likeness (QED) is 0.256. The van der Waals surface area contributed by atoms with Crippen LogP contribution in [0.4, 0.5) is 0 Å². The molecular formula is C36H44N2O10. The van der Waals surface area contributed by atoms with Crippen molar-refractivity contribution in [1.82, 2.24) is 9.55 Å². The van der Waals surface area contributed by atoms with Gasteiger partial charge in [0.1, 0.15) is 42.3 Å². The molecule has 2 aliphatic carbocycles. The number of nitrogens with one attached hydrogen (secondary N) is 1. The van der Waals surface area contributed by atoms with Gasteiger partial charge in [0.25, 0.3) is 0 Å². The Bertz CT molecular complexity index is 1640. The van der Waals surface area contributed by atoms with Gasteiger partial charge in [0.2, 0.25) is 0 Å². The van der Waals surface area contributed by atoms with Crippen LogP contribution in [0.1, 0.15) is 51.5 Å². The molecular weight excluding hydrogens is 620 g/mol. The Kier molecular flexibility index (Phi) is 9.03. The average Bonchev–Trinajstić information content (AvgIpc) is 3.63. The summed E-state index contributed by atoms with van der Waals surface area (Å²) in [7, 11) is 1.44. The van der Waals surface area contributed by atoms with Crippen molar-refractivity contribution in [1.29, 1.82) is 0 Å². The van der Waals surface area contributed by atoms with Gasteiger partial charge in [-0.2, -0.15) is 0 Å². The lowest BCUT2D eigenvalue weighted by atomic mass is 9.51. The number of ether oxygens (including phenoxy) is 5. The number of carbonyl (C=O) groups excluding carboxylic acids is 3. The van der Waals surface area contributed by atoms with Gasteiger partial charge in [-0.05, 0) is 38.0 Å². The van der Waals surface area contributed by atoms with Gasteiger partial charge in [-0.15, -0.1) is 0 Å².